The summed E-state index contributed by atoms with van der Waals surface area (Å²) < 4.78 is 39.8. The predicted octanol–water partition coefficient (Wildman–Crippen LogP) is 2.94. The lowest BCUT2D eigenvalue weighted by Gasteiger charge is -2.09. The molecule has 0 atom stereocenters. The highest BCUT2D eigenvalue weighted by Crippen LogP contribution is 2.23. The van der Waals surface area contributed by atoms with Crippen molar-refractivity contribution in [3.05, 3.63) is 59.4 Å². The fourth-order valence-corrected chi connectivity index (χ4v) is 1.53. The van der Waals surface area contributed by atoms with Crippen molar-refractivity contribution in [2.75, 3.05) is 11.1 Å². The van der Waals surface area contributed by atoms with Crippen molar-refractivity contribution in [2.45, 2.75) is 0 Å². The predicted molar refractivity (Wildman–Crippen MR) is 65.1 cm³/mol. The Morgan fingerprint density at radius 1 is 1.00 bits per heavy atom. The molecule has 0 spiro atoms. The second-order valence-corrected chi connectivity index (χ2v) is 3.76. The number of halogens is 3. The third-order valence-corrected chi connectivity index (χ3v) is 2.48. The molecule has 2 aromatic rings. The van der Waals surface area contributed by atoms with Gasteiger partial charge in [-0.25, -0.2) is 13.2 Å². The first-order valence-corrected chi connectivity index (χ1v) is 5.30. The van der Waals surface area contributed by atoms with Crippen molar-refractivity contribution in [3.63, 3.8) is 0 Å². The Hall–Kier alpha value is -2.50. The number of nitrogens with two attached hydrogens (primary N) is 1. The number of carbonyl (C=O) groups is 1. The van der Waals surface area contributed by atoms with E-state index in [4.69, 9.17) is 5.73 Å². The number of hydrogen-bond acceptors (Lipinski definition) is 2. The normalized spacial score (nSPS) is 10.3. The van der Waals surface area contributed by atoms with Crippen LogP contribution in [0, 0.1) is 17.5 Å². The summed E-state index contributed by atoms with van der Waals surface area (Å²) in [5.74, 6) is -4.19. The molecule has 2 aromatic carbocycles. The number of amides is 1. The Kier molecular flexibility index (Phi) is 3.41. The van der Waals surface area contributed by atoms with Gasteiger partial charge in [-0.05, 0) is 24.3 Å². The zero-order chi connectivity index (χ0) is 14.0. The fourth-order valence-electron chi connectivity index (χ4n) is 1.53. The van der Waals surface area contributed by atoms with Crippen molar-refractivity contribution in [1.29, 1.82) is 0 Å². The van der Waals surface area contributed by atoms with Crippen molar-refractivity contribution in [1.82, 2.24) is 0 Å². The summed E-state index contributed by atoms with van der Waals surface area (Å²) in [4.78, 5) is 11.8. The van der Waals surface area contributed by atoms with E-state index in [0.717, 1.165) is 18.2 Å². The van der Waals surface area contributed by atoms with Crippen LogP contribution >= 0.6 is 0 Å². The molecule has 6 heteroatoms. The molecule has 98 valence electrons. The third-order valence-electron chi connectivity index (χ3n) is 2.48. The Morgan fingerprint density at radius 3 is 2.32 bits per heavy atom. The first-order chi connectivity index (χ1) is 9.00. The Balaban J connectivity index is 2.34. The number of nitrogens with one attached hydrogen (secondary N) is 1. The van der Waals surface area contributed by atoms with Crippen molar-refractivity contribution >= 4 is 17.3 Å². The SMILES string of the molecule is Nc1cccc(F)c1NC(=O)c1cccc(F)c1F. The van der Waals surface area contributed by atoms with E-state index < -0.39 is 28.9 Å². The summed E-state index contributed by atoms with van der Waals surface area (Å²) in [6.07, 6.45) is 0. The maximum atomic E-state index is 13.4. The fraction of sp³-hybridized carbons (Fsp3) is 0. The van der Waals surface area contributed by atoms with Crippen LogP contribution in [0.2, 0.25) is 0 Å². The largest absolute Gasteiger partial charge is 0.397 e. The molecule has 3 N–H and O–H groups in total. The van der Waals surface area contributed by atoms with Gasteiger partial charge in [-0.2, -0.15) is 0 Å². The molecule has 0 radical (unpaired) electrons. The molecule has 0 unspecified atom stereocenters. The summed E-state index contributed by atoms with van der Waals surface area (Å²) in [6, 6.07) is 6.98. The molecule has 1 amide bonds. The Labute approximate surface area is 106 Å². The lowest BCUT2D eigenvalue weighted by atomic mass is 10.1. The smallest absolute Gasteiger partial charge is 0.258 e. The minimum atomic E-state index is -1.30. The number of rotatable bonds is 2. The molecular formula is C13H9F3N2O. The molecule has 0 aliphatic rings. The zero-order valence-corrected chi connectivity index (χ0v) is 9.58. The molecule has 0 heterocycles. The molecule has 19 heavy (non-hydrogen) atoms. The van der Waals surface area contributed by atoms with Gasteiger partial charge in [0.15, 0.2) is 11.6 Å². The van der Waals surface area contributed by atoms with E-state index in [-0.39, 0.29) is 11.4 Å². The second kappa shape index (κ2) is 5.01. The topological polar surface area (TPSA) is 55.1 Å². The van der Waals surface area contributed by atoms with Crippen LogP contribution in [0.25, 0.3) is 0 Å². The van der Waals surface area contributed by atoms with Gasteiger partial charge in [-0.15, -0.1) is 0 Å². The summed E-state index contributed by atoms with van der Waals surface area (Å²) >= 11 is 0. The van der Waals surface area contributed by atoms with Crippen molar-refractivity contribution in [3.8, 4) is 0 Å². The maximum absolute atomic E-state index is 13.4. The van der Waals surface area contributed by atoms with Gasteiger partial charge in [0.1, 0.15) is 11.5 Å². The second-order valence-electron chi connectivity index (χ2n) is 3.76. The molecule has 0 aliphatic carbocycles. The first kappa shape index (κ1) is 12.9. The molecule has 0 fully saturated rings. The zero-order valence-electron chi connectivity index (χ0n) is 9.58. The van der Waals surface area contributed by atoms with Gasteiger partial charge >= 0.3 is 0 Å². The number of benzene rings is 2. The van der Waals surface area contributed by atoms with Crippen LogP contribution < -0.4 is 11.1 Å². The minimum Gasteiger partial charge on any atom is -0.397 e. The number of carbonyl (C=O) groups excluding carboxylic acids is 1. The molecule has 2 rings (SSSR count). The summed E-state index contributed by atoms with van der Waals surface area (Å²) in [5.41, 5.74) is 4.69. The van der Waals surface area contributed by atoms with Gasteiger partial charge in [0, 0.05) is 0 Å². The van der Waals surface area contributed by atoms with Gasteiger partial charge in [0.25, 0.3) is 5.91 Å². The third kappa shape index (κ3) is 2.52. The highest BCUT2D eigenvalue weighted by Gasteiger charge is 2.17. The van der Waals surface area contributed by atoms with Crippen LogP contribution in [-0.4, -0.2) is 5.91 Å². The van der Waals surface area contributed by atoms with Crippen molar-refractivity contribution < 1.29 is 18.0 Å². The van der Waals surface area contributed by atoms with Gasteiger partial charge < -0.3 is 11.1 Å². The Bertz CT molecular complexity index is 624. The van der Waals surface area contributed by atoms with E-state index in [9.17, 15) is 18.0 Å². The van der Waals surface area contributed by atoms with Gasteiger partial charge in [0.2, 0.25) is 0 Å². The standard InChI is InChI=1S/C13H9F3N2O/c14-8-4-1-3-7(11(8)16)13(19)18-12-9(15)5-2-6-10(12)17/h1-6H,17H2,(H,18,19). The number of nitrogen functional groups attached to an aromatic ring is 1. The van der Waals surface area contributed by atoms with Crippen LogP contribution in [0.5, 0.6) is 0 Å². The number of anilines is 2. The summed E-state index contributed by atoms with van der Waals surface area (Å²) in [6.45, 7) is 0. The van der Waals surface area contributed by atoms with Gasteiger partial charge in [-0.3, -0.25) is 4.79 Å². The van der Waals surface area contributed by atoms with E-state index in [1.807, 2.05) is 0 Å². The molecular weight excluding hydrogens is 257 g/mol. The number of para-hydroxylation sites is 1. The molecule has 0 saturated heterocycles. The quantitative estimate of drug-likeness (QED) is 0.821. The van der Waals surface area contributed by atoms with E-state index >= 15 is 0 Å². The first-order valence-electron chi connectivity index (χ1n) is 5.30. The van der Waals surface area contributed by atoms with Crippen LogP contribution in [0.4, 0.5) is 24.5 Å². The molecule has 3 nitrogen and oxygen atoms in total. The van der Waals surface area contributed by atoms with E-state index in [2.05, 4.69) is 5.32 Å². The molecule has 0 aromatic heterocycles. The lowest BCUT2D eigenvalue weighted by molar-refractivity contribution is 0.102. The average molecular weight is 266 g/mol. The van der Waals surface area contributed by atoms with Crippen LogP contribution in [0.3, 0.4) is 0 Å². The highest BCUT2D eigenvalue weighted by molar-refractivity contribution is 6.06. The molecule has 0 aliphatic heterocycles. The monoisotopic (exact) mass is 266 g/mol. The average Bonchev–Trinajstić information content (AvgIpc) is 2.37. The van der Waals surface area contributed by atoms with Gasteiger partial charge in [-0.1, -0.05) is 12.1 Å². The number of hydrogen-bond donors (Lipinski definition) is 2. The molecule has 0 bridgehead atoms. The lowest BCUT2D eigenvalue weighted by Crippen LogP contribution is -2.16. The Morgan fingerprint density at radius 2 is 1.63 bits per heavy atom. The van der Waals surface area contributed by atoms with Gasteiger partial charge in [0.05, 0.1) is 11.3 Å². The van der Waals surface area contributed by atoms with Crippen LogP contribution in [0.15, 0.2) is 36.4 Å². The summed E-state index contributed by atoms with van der Waals surface area (Å²) in [5, 5.41) is 2.12. The summed E-state index contributed by atoms with van der Waals surface area (Å²) in [7, 11) is 0. The van der Waals surface area contributed by atoms with E-state index in [0.29, 0.717) is 0 Å². The minimum absolute atomic E-state index is 0.00911. The maximum Gasteiger partial charge on any atom is 0.258 e. The van der Waals surface area contributed by atoms with E-state index in [1.54, 1.807) is 0 Å². The van der Waals surface area contributed by atoms with Crippen LogP contribution in [0.1, 0.15) is 10.4 Å². The van der Waals surface area contributed by atoms with E-state index in [1.165, 1.54) is 18.2 Å². The van der Waals surface area contributed by atoms with Crippen LogP contribution in [-0.2, 0) is 0 Å². The molecule has 0 saturated carbocycles. The van der Waals surface area contributed by atoms with Crippen molar-refractivity contribution in [2.24, 2.45) is 0 Å². The highest BCUT2D eigenvalue weighted by atomic mass is 19.2.